The van der Waals surface area contributed by atoms with Crippen molar-refractivity contribution in [3.63, 3.8) is 0 Å². The number of para-hydroxylation sites is 1. The zero-order valence-electron chi connectivity index (χ0n) is 16.8. The summed E-state index contributed by atoms with van der Waals surface area (Å²) in [5.74, 6) is 0. The van der Waals surface area contributed by atoms with Crippen molar-refractivity contribution in [3.8, 4) is 33.8 Å². The van der Waals surface area contributed by atoms with Crippen molar-refractivity contribution in [3.05, 3.63) is 115 Å². The molecule has 3 heteroatoms. The van der Waals surface area contributed by atoms with Gasteiger partial charge in [0.2, 0.25) is 0 Å². The van der Waals surface area contributed by atoms with Crippen LogP contribution >= 0.6 is 0 Å². The molecule has 0 N–H and O–H groups in total. The Morgan fingerprint density at radius 3 is 1.77 bits per heavy atom. The van der Waals surface area contributed by atoms with Crippen LogP contribution in [-0.2, 0) is 0 Å². The van der Waals surface area contributed by atoms with Gasteiger partial charge in [0, 0.05) is 22.1 Å². The van der Waals surface area contributed by atoms with E-state index in [4.69, 9.17) is 10.1 Å². The minimum Gasteiger partial charge on any atom is -0.248 e. The van der Waals surface area contributed by atoms with Crippen LogP contribution in [-0.4, -0.2) is 14.6 Å². The first kappa shape index (κ1) is 17.6. The standard InChI is InChI=1S/C28H19N3/c1-3-9-20(10-4-1)25-17-23(18-26(29-25)21-11-5-2-6-12-21)27-19-24-16-15-22-13-7-8-14-28(22)31(24)30-27/h1-19H. The van der Waals surface area contributed by atoms with Gasteiger partial charge in [-0.2, -0.15) is 5.10 Å². The molecule has 3 aromatic heterocycles. The van der Waals surface area contributed by atoms with Crippen LogP contribution < -0.4 is 0 Å². The van der Waals surface area contributed by atoms with Crippen LogP contribution in [0.15, 0.2) is 115 Å². The Hall–Kier alpha value is -4.24. The van der Waals surface area contributed by atoms with Crippen molar-refractivity contribution in [2.75, 3.05) is 0 Å². The molecule has 0 aliphatic carbocycles. The summed E-state index contributed by atoms with van der Waals surface area (Å²) >= 11 is 0. The van der Waals surface area contributed by atoms with Crippen LogP contribution in [0.3, 0.4) is 0 Å². The molecule has 3 nitrogen and oxygen atoms in total. The summed E-state index contributed by atoms with van der Waals surface area (Å²) in [4.78, 5) is 4.97. The fourth-order valence-electron chi connectivity index (χ4n) is 4.04. The zero-order chi connectivity index (χ0) is 20.6. The number of aromatic nitrogens is 3. The molecule has 6 aromatic rings. The van der Waals surface area contributed by atoms with Gasteiger partial charge in [0.25, 0.3) is 0 Å². The number of pyridine rings is 2. The molecule has 0 aliphatic rings. The van der Waals surface area contributed by atoms with Gasteiger partial charge < -0.3 is 0 Å². The van der Waals surface area contributed by atoms with Crippen LogP contribution in [0.25, 0.3) is 50.2 Å². The molecular weight excluding hydrogens is 378 g/mol. The Kier molecular flexibility index (Phi) is 4.10. The van der Waals surface area contributed by atoms with Crippen LogP contribution in [0.1, 0.15) is 0 Å². The average Bonchev–Trinajstić information content (AvgIpc) is 3.30. The van der Waals surface area contributed by atoms with Gasteiger partial charge in [-0.25, -0.2) is 9.50 Å². The van der Waals surface area contributed by atoms with E-state index >= 15 is 0 Å². The predicted molar refractivity (Wildman–Crippen MR) is 127 cm³/mol. The van der Waals surface area contributed by atoms with Crippen molar-refractivity contribution >= 4 is 16.4 Å². The number of nitrogens with zero attached hydrogens (tertiary/aromatic N) is 3. The first-order valence-corrected chi connectivity index (χ1v) is 10.4. The average molecular weight is 397 g/mol. The Morgan fingerprint density at radius 2 is 1.10 bits per heavy atom. The molecule has 0 spiro atoms. The van der Waals surface area contributed by atoms with E-state index in [9.17, 15) is 0 Å². The molecule has 31 heavy (non-hydrogen) atoms. The highest BCUT2D eigenvalue weighted by Gasteiger charge is 2.12. The molecule has 0 unspecified atom stereocenters. The number of hydrogen-bond donors (Lipinski definition) is 0. The molecule has 6 rings (SSSR count). The third-order valence-electron chi connectivity index (χ3n) is 5.60. The second-order valence-corrected chi connectivity index (χ2v) is 7.62. The van der Waals surface area contributed by atoms with Gasteiger partial charge in [0.05, 0.1) is 28.1 Å². The maximum atomic E-state index is 4.97. The SMILES string of the molecule is c1ccc(-c2cc(-c3cc4ccc5ccccc5n4n3)cc(-c3ccccc3)n2)cc1. The third kappa shape index (κ3) is 3.17. The fraction of sp³-hybridized carbons (Fsp3) is 0. The molecule has 0 bridgehead atoms. The molecule has 0 amide bonds. The van der Waals surface area contributed by atoms with E-state index < -0.39 is 0 Å². The van der Waals surface area contributed by atoms with Crippen LogP contribution in [0.4, 0.5) is 0 Å². The number of fused-ring (bicyclic) bond motifs is 3. The van der Waals surface area contributed by atoms with Gasteiger partial charge in [-0.1, -0.05) is 84.9 Å². The van der Waals surface area contributed by atoms with Gasteiger partial charge in [-0.15, -0.1) is 0 Å². The largest absolute Gasteiger partial charge is 0.248 e. The first-order chi connectivity index (χ1) is 15.3. The molecule has 3 aromatic carbocycles. The minimum atomic E-state index is 0.938. The van der Waals surface area contributed by atoms with Gasteiger partial charge in [-0.3, -0.25) is 0 Å². The molecule has 0 saturated carbocycles. The normalized spacial score (nSPS) is 11.2. The summed E-state index contributed by atoms with van der Waals surface area (Å²) in [7, 11) is 0. The van der Waals surface area contributed by atoms with E-state index in [2.05, 4.69) is 78.9 Å². The molecule has 0 fully saturated rings. The van der Waals surface area contributed by atoms with Crippen LogP contribution in [0.2, 0.25) is 0 Å². The molecule has 0 atom stereocenters. The summed E-state index contributed by atoms with van der Waals surface area (Å²) < 4.78 is 2.02. The highest BCUT2D eigenvalue weighted by molar-refractivity contribution is 5.84. The highest BCUT2D eigenvalue weighted by atomic mass is 15.2. The Bertz CT molecular complexity index is 1460. The first-order valence-electron chi connectivity index (χ1n) is 10.4. The van der Waals surface area contributed by atoms with Gasteiger partial charge in [-0.05, 0) is 30.3 Å². The maximum Gasteiger partial charge on any atom is 0.0935 e. The monoisotopic (exact) mass is 397 g/mol. The minimum absolute atomic E-state index is 0.938. The van der Waals surface area contributed by atoms with E-state index in [0.29, 0.717) is 0 Å². The summed E-state index contributed by atoms with van der Waals surface area (Å²) in [6, 6.07) is 39.6. The van der Waals surface area contributed by atoms with E-state index in [-0.39, 0.29) is 0 Å². The lowest BCUT2D eigenvalue weighted by molar-refractivity contribution is 1.01. The van der Waals surface area contributed by atoms with Gasteiger partial charge >= 0.3 is 0 Å². The molecule has 146 valence electrons. The Morgan fingerprint density at radius 1 is 0.484 bits per heavy atom. The molecule has 3 heterocycles. The van der Waals surface area contributed by atoms with Crippen molar-refractivity contribution in [1.29, 1.82) is 0 Å². The number of hydrogen-bond acceptors (Lipinski definition) is 2. The van der Waals surface area contributed by atoms with E-state index in [1.54, 1.807) is 0 Å². The van der Waals surface area contributed by atoms with Crippen LogP contribution in [0.5, 0.6) is 0 Å². The summed E-state index contributed by atoms with van der Waals surface area (Å²) in [6.07, 6.45) is 0. The van der Waals surface area contributed by atoms with Crippen molar-refractivity contribution in [1.82, 2.24) is 14.6 Å². The van der Waals surface area contributed by atoms with E-state index in [1.165, 1.54) is 5.39 Å². The second-order valence-electron chi connectivity index (χ2n) is 7.62. The predicted octanol–water partition coefficient (Wildman–Crippen LogP) is 6.88. The van der Waals surface area contributed by atoms with E-state index in [0.717, 1.165) is 44.8 Å². The van der Waals surface area contributed by atoms with Gasteiger partial charge in [0.1, 0.15) is 0 Å². The lowest BCUT2D eigenvalue weighted by Gasteiger charge is -2.08. The van der Waals surface area contributed by atoms with Crippen LogP contribution in [0, 0.1) is 0 Å². The summed E-state index contributed by atoms with van der Waals surface area (Å²) in [6.45, 7) is 0. The number of rotatable bonds is 3. The zero-order valence-corrected chi connectivity index (χ0v) is 16.8. The summed E-state index contributed by atoms with van der Waals surface area (Å²) in [5.41, 5.74) is 8.25. The second kappa shape index (κ2) is 7.22. The lowest BCUT2D eigenvalue weighted by atomic mass is 10.0. The fourth-order valence-corrected chi connectivity index (χ4v) is 4.04. The summed E-state index contributed by atoms with van der Waals surface area (Å²) in [5, 5.41) is 6.14. The van der Waals surface area contributed by atoms with Crippen molar-refractivity contribution in [2.24, 2.45) is 0 Å². The molecule has 0 aliphatic heterocycles. The quantitative estimate of drug-likeness (QED) is 0.326. The van der Waals surface area contributed by atoms with E-state index in [1.807, 2.05) is 40.9 Å². The van der Waals surface area contributed by atoms with Gasteiger partial charge in [0.15, 0.2) is 0 Å². The molecule has 0 saturated heterocycles. The number of benzene rings is 3. The smallest absolute Gasteiger partial charge is 0.0935 e. The highest BCUT2D eigenvalue weighted by Crippen LogP contribution is 2.30. The third-order valence-corrected chi connectivity index (χ3v) is 5.60. The topological polar surface area (TPSA) is 30.2 Å². The Labute approximate surface area is 180 Å². The maximum absolute atomic E-state index is 4.97. The van der Waals surface area contributed by atoms with Crippen molar-refractivity contribution < 1.29 is 0 Å². The Balaban J connectivity index is 1.58. The van der Waals surface area contributed by atoms with Crippen molar-refractivity contribution in [2.45, 2.75) is 0 Å². The molecular formula is C28H19N3. The lowest BCUT2D eigenvalue weighted by Crippen LogP contribution is -1.92. The molecule has 0 radical (unpaired) electrons.